The van der Waals surface area contributed by atoms with Crippen LogP contribution in [0.25, 0.3) is 11.8 Å². The smallest absolute Gasteiger partial charge is 0.338 e. The number of carbonyl (C=O) groups is 1. The Labute approximate surface area is 232 Å². The Morgan fingerprint density at radius 3 is 2.67 bits per heavy atom. The number of aromatic nitrogens is 1. The highest BCUT2D eigenvalue weighted by atomic mass is 32.1. The largest absolute Gasteiger partial charge is 0.504 e. The monoisotopic (exact) mass is 556 g/mol. The number of ether oxygens (including phenoxy) is 4. The second-order valence-corrected chi connectivity index (χ2v) is 9.98. The molecule has 6 rings (SSSR count). The van der Waals surface area contributed by atoms with Crippen LogP contribution in [0.4, 0.5) is 0 Å². The molecular weight excluding hydrogens is 532 g/mol. The Kier molecular flexibility index (Phi) is 6.61. The van der Waals surface area contributed by atoms with Gasteiger partial charge in [-0.1, -0.05) is 53.8 Å². The zero-order valence-electron chi connectivity index (χ0n) is 21.6. The van der Waals surface area contributed by atoms with E-state index in [4.69, 9.17) is 23.9 Å². The minimum atomic E-state index is -0.841. The number of methoxy groups -OCH3 is 1. The third-order valence-corrected chi connectivity index (χ3v) is 7.57. The fraction of sp³-hybridized carbons (Fsp3) is 0.167. The number of nitrogens with zero attached hydrogens (tertiary/aromatic N) is 2. The molecule has 0 amide bonds. The van der Waals surface area contributed by atoms with Crippen LogP contribution >= 0.6 is 11.3 Å². The predicted octanol–water partition coefficient (Wildman–Crippen LogP) is 3.38. The Bertz CT molecular complexity index is 1840. The molecule has 1 atom stereocenters. The van der Waals surface area contributed by atoms with Crippen LogP contribution < -0.4 is 29.1 Å². The van der Waals surface area contributed by atoms with Gasteiger partial charge in [0.2, 0.25) is 6.79 Å². The molecule has 4 aromatic rings. The van der Waals surface area contributed by atoms with E-state index in [0.29, 0.717) is 49.0 Å². The van der Waals surface area contributed by atoms with Gasteiger partial charge in [-0.25, -0.2) is 9.79 Å². The summed E-state index contributed by atoms with van der Waals surface area (Å²) in [7, 11) is 1.47. The first kappa shape index (κ1) is 25.4. The van der Waals surface area contributed by atoms with Crippen molar-refractivity contribution in [2.45, 2.75) is 13.0 Å². The van der Waals surface area contributed by atoms with Crippen molar-refractivity contribution in [3.8, 4) is 23.0 Å². The van der Waals surface area contributed by atoms with Crippen molar-refractivity contribution in [2.24, 2.45) is 4.99 Å². The number of esters is 1. The minimum Gasteiger partial charge on any atom is -0.504 e. The van der Waals surface area contributed by atoms with Crippen molar-refractivity contribution in [1.82, 2.24) is 4.57 Å². The van der Waals surface area contributed by atoms with E-state index >= 15 is 0 Å². The van der Waals surface area contributed by atoms with Crippen molar-refractivity contribution in [3.05, 3.63) is 109 Å². The van der Waals surface area contributed by atoms with E-state index in [1.807, 2.05) is 36.4 Å². The fourth-order valence-corrected chi connectivity index (χ4v) is 5.79. The average molecular weight is 557 g/mol. The second-order valence-electron chi connectivity index (χ2n) is 8.98. The maximum absolute atomic E-state index is 14.0. The lowest BCUT2D eigenvalue weighted by molar-refractivity contribution is -0.138. The van der Waals surface area contributed by atoms with E-state index in [0.717, 1.165) is 0 Å². The van der Waals surface area contributed by atoms with Crippen molar-refractivity contribution in [2.75, 3.05) is 20.5 Å². The number of aromatic hydroxyl groups is 1. The summed E-state index contributed by atoms with van der Waals surface area (Å²) in [5, 5.41) is 10.3. The lowest BCUT2D eigenvalue weighted by atomic mass is 9.93. The highest BCUT2D eigenvalue weighted by Gasteiger charge is 2.36. The van der Waals surface area contributed by atoms with Crippen LogP contribution in [0, 0.1) is 0 Å². The zero-order valence-corrected chi connectivity index (χ0v) is 22.4. The molecule has 202 valence electrons. The van der Waals surface area contributed by atoms with Crippen molar-refractivity contribution >= 4 is 29.1 Å². The van der Waals surface area contributed by atoms with Gasteiger partial charge < -0.3 is 24.1 Å². The first-order valence-electron chi connectivity index (χ1n) is 12.5. The molecule has 9 nitrogen and oxygen atoms in total. The topological polar surface area (TPSA) is 109 Å². The fourth-order valence-electron chi connectivity index (χ4n) is 4.79. The van der Waals surface area contributed by atoms with Gasteiger partial charge in [0.1, 0.15) is 0 Å². The van der Waals surface area contributed by atoms with E-state index in [1.54, 1.807) is 37.3 Å². The number of rotatable bonds is 6. The lowest BCUT2D eigenvalue weighted by Gasteiger charge is -2.26. The van der Waals surface area contributed by atoms with E-state index in [2.05, 4.69) is 0 Å². The van der Waals surface area contributed by atoms with E-state index in [-0.39, 0.29) is 30.3 Å². The number of phenols is 1. The highest BCUT2D eigenvalue weighted by molar-refractivity contribution is 7.07. The summed E-state index contributed by atoms with van der Waals surface area (Å²) in [6.45, 7) is 1.98. The Hall–Kier alpha value is -4.83. The summed E-state index contributed by atoms with van der Waals surface area (Å²) in [6.07, 6.45) is 1.68. The number of thiazole rings is 1. The Morgan fingerprint density at radius 1 is 1.12 bits per heavy atom. The molecule has 0 spiro atoms. The number of phenolic OH excluding ortho intramolecular Hbond substituents is 1. The molecule has 0 saturated carbocycles. The summed E-state index contributed by atoms with van der Waals surface area (Å²) in [5.74, 6) is 0.823. The Morgan fingerprint density at radius 2 is 1.93 bits per heavy atom. The van der Waals surface area contributed by atoms with Gasteiger partial charge in [-0.15, -0.1) is 0 Å². The highest BCUT2D eigenvalue weighted by Crippen LogP contribution is 2.40. The van der Waals surface area contributed by atoms with Gasteiger partial charge in [0.15, 0.2) is 27.8 Å². The van der Waals surface area contributed by atoms with Gasteiger partial charge in [-0.05, 0) is 48.4 Å². The number of hydrogen-bond acceptors (Lipinski definition) is 9. The van der Waals surface area contributed by atoms with Crippen LogP contribution in [0.15, 0.2) is 82.1 Å². The number of hydrogen-bond donors (Lipinski definition) is 1. The summed E-state index contributed by atoms with van der Waals surface area (Å²) in [5.41, 5.74) is 2.30. The molecular formula is C30H24N2O7S. The number of benzene rings is 3. The zero-order chi connectivity index (χ0) is 27.8. The normalized spacial score (nSPS) is 15.9. The summed E-state index contributed by atoms with van der Waals surface area (Å²) in [4.78, 5) is 32.8. The van der Waals surface area contributed by atoms with Gasteiger partial charge in [-0.3, -0.25) is 9.36 Å². The first-order chi connectivity index (χ1) is 19.5. The summed E-state index contributed by atoms with van der Waals surface area (Å²) < 4.78 is 23.6. The number of carbonyl (C=O) groups excluding carboxylic acids is 1. The third kappa shape index (κ3) is 4.42. The maximum Gasteiger partial charge on any atom is 0.338 e. The van der Waals surface area contributed by atoms with Crippen molar-refractivity contribution < 1.29 is 28.8 Å². The summed E-state index contributed by atoms with van der Waals surface area (Å²) >= 11 is 1.20. The second kappa shape index (κ2) is 10.4. The summed E-state index contributed by atoms with van der Waals surface area (Å²) in [6, 6.07) is 18.7. The quantitative estimate of drug-likeness (QED) is 0.363. The first-order valence-corrected chi connectivity index (χ1v) is 13.3. The third-order valence-electron chi connectivity index (χ3n) is 6.59. The molecule has 40 heavy (non-hydrogen) atoms. The molecule has 0 saturated heterocycles. The van der Waals surface area contributed by atoms with Crippen LogP contribution in [0.2, 0.25) is 0 Å². The molecule has 2 aliphatic heterocycles. The van der Waals surface area contributed by atoms with Crippen molar-refractivity contribution in [1.29, 1.82) is 0 Å². The molecule has 3 aromatic carbocycles. The van der Waals surface area contributed by atoms with E-state index in [1.165, 1.54) is 29.1 Å². The van der Waals surface area contributed by atoms with E-state index < -0.39 is 12.0 Å². The van der Waals surface area contributed by atoms with Gasteiger partial charge in [-0.2, -0.15) is 0 Å². The van der Waals surface area contributed by atoms with Crippen LogP contribution in [-0.4, -0.2) is 36.2 Å². The number of fused-ring (bicyclic) bond motifs is 2. The Balaban J connectivity index is 1.62. The SMILES string of the molecule is CCOC(=O)C1=C(c2ccccc2)N=c2s/c(=C/c3ccc(OC)c(O)c3)c(=O)n2C1c1ccc2c(c1)OCO2. The van der Waals surface area contributed by atoms with E-state index in [9.17, 15) is 14.7 Å². The molecule has 0 bridgehead atoms. The minimum absolute atomic E-state index is 0.0433. The lowest BCUT2D eigenvalue weighted by Crippen LogP contribution is -2.40. The van der Waals surface area contributed by atoms with Crippen LogP contribution in [-0.2, 0) is 9.53 Å². The van der Waals surface area contributed by atoms with Gasteiger partial charge in [0, 0.05) is 5.56 Å². The van der Waals surface area contributed by atoms with Gasteiger partial charge in [0.25, 0.3) is 5.56 Å². The molecule has 0 aliphatic carbocycles. The average Bonchev–Trinajstić information content (AvgIpc) is 3.56. The van der Waals surface area contributed by atoms with Crippen LogP contribution in [0.1, 0.15) is 29.7 Å². The standard InChI is InChI=1S/C30H24N2O7S/c1-3-37-29(35)25-26(18-7-5-4-6-8-18)31-30-32(27(25)19-10-12-22-23(15-19)39-16-38-22)28(34)24(40-30)14-17-9-11-21(36-2)20(33)13-17/h4-15,27,33H,3,16H2,1-2H3/b24-14+. The van der Waals surface area contributed by atoms with Crippen LogP contribution in [0.5, 0.6) is 23.0 Å². The molecule has 0 fully saturated rings. The molecule has 3 heterocycles. The van der Waals surface area contributed by atoms with Crippen LogP contribution in [0.3, 0.4) is 0 Å². The molecule has 1 N–H and O–H groups in total. The maximum atomic E-state index is 14.0. The van der Waals surface area contributed by atoms with Gasteiger partial charge >= 0.3 is 5.97 Å². The molecule has 1 unspecified atom stereocenters. The van der Waals surface area contributed by atoms with Gasteiger partial charge in [0.05, 0.1) is 35.6 Å². The molecule has 0 radical (unpaired) electrons. The van der Waals surface area contributed by atoms with Crippen molar-refractivity contribution in [3.63, 3.8) is 0 Å². The predicted molar refractivity (Wildman–Crippen MR) is 148 cm³/mol. The molecule has 10 heteroatoms. The molecule has 1 aromatic heterocycles. The molecule has 2 aliphatic rings.